The van der Waals surface area contributed by atoms with Gasteiger partial charge in [0.25, 0.3) is 0 Å². The molecule has 4 amide bonds. The number of anilines is 4. The zero-order valence-corrected chi connectivity index (χ0v) is 26.0. The van der Waals surface area contributed by atoms with Crippen molar-refractivity contribution in [3.8, 4) is 0 Å². The van der Waals surface area contributed by atoms with Gasteiger partial charge in [0.2, 0.25) is 0 Å². The molecule has 4 N–H and O–H groups in total. The molecule has 0 heterocycles. The first-order valence-electron chi connectivity index (χ1n) is 14.0. The van der Waals surface area contributed by atoms with Gasteiger partial charge in [-0.15, -0.1) is 0 Å². The van der Waals surface area contributed by atoms with Gasteiger partial charge in [-0.05, 0) is 56.2 Å². The van der Waals surface area contributed by atoms with E-state index in [1.54, 1.807) is 38.1 Å². The number of ether oxygens (including phenoxy) is 6. The number of nitrogens with one attached hydrogen (secondary N) is 4. The van der Waals surface area contributed by atoms with Crippen LogP contribution in [0, 0.1) is 13.8 Å². The average molecular weight is 657 g/mol. The Bertz CT molecular complexity index is 1480. The third-order valence-corrected chi connectivity index (χ3v) is 5.65. The van der Waals surface area contributed by atoms with Crippen LogP contribution in [0.4, 0.5) is 41.9 Å². The molecule has 2 aromatic rings. The summed E-state index contributed by atoms with van der Waals surface area (Å²) < 4.78 is 29.7. The summed E-state index contributed by atoms with van der Waals surface area (Å²) in [6.07, 6.45) is -2.15. The topological polar surface area (TPSA) is 206 Å². The third-order valence-electron chi connectivity index (χ3n) is 5.65. The maximum absolute atomic E-state index is 12.4. The Morgan fingerprint density at radius 1 is 0.617 bits per heavy atom. The second kappa shape index (κ2) is 19.4. The van der Waals surface area contributed by atoms with E-state index in [2.05, 4.69) is 34.4 Å². The van der Waals surface area contributed by atoms with E-state index in [0.29, 0.717) is 33.9 Å². The minimum atomic E-state index is -0.845. The fourth-order valence-corrected chi connectivity index (χ4v) is 3.34. The molecular weight excluding hydrogens is 620 g/mol. The van der Waals surface area contributed by atoms with E-state index in [0.717, 1.165) is 12.2 Å². The van der Waals surface area contributed by atoms with Gasteiger partial charge >= 0.3 is 36.3 Å². The Kier molecular flexibility index (Phi) is 15.3. The van der Waals surface area contributed by atoms with Crippen LogP contribution >= 0.6 is 0 Å². The highest BCUT2D eigenvalue weighted by atomic mass is 16.6. The van der Waals surface area contributed by atoms with Crippen molar-refractivity contribution in [1.82, 2.24) is 0 Å². The second-order valence-electron chi connectivity index (χ2n) is 9.39. The smallest absolute Gasteiger partial charge is 0.412 e. The summed E-state index contributed by atoms with van der Waals surface area (Å²) >= 11 is 0. The minimum Gasteiger partial charge on any atom is -0.459 e. The maximum atomic E-state index is 12.4. The normalized spacial score (nSPS) is 10.6. The molecule has 0 aliphatic heterocycles. The fourth-order valence-electron chi connectivity index (χ4n) is 3.34. The minimum absolute atomic E-state index is 0.142. The molecule has 0 spiro atoms. The molecule has 0 aromatic heterocycles. The lowest BCUT2D eigenvalue weighted by Gasteiger charge is -2.16. The molecule has 0 bridgehead atoms. The van der Waals surface area contributed by atoms with Gasteiger partial charge in [0, 0.05) is 34.9 Å². The van der Waals surface area contributed by atoms with E-state index < -0.39 is 42.4 Å². The summed E-state index contributed by atoms with van der Waals surface area (Å²) in [4.78, 5) is 70.9. The maximum Gasteiger partial charge on any atom is 0.412 e. The van der Waals surface area contributed by atoms with Crippen molar-refractivity contribution in [2.24, 2.45) is 0 Å². The number of hydrogen-bond donors (Lipinski definition) is 4. The fraction of sp³-hybridized carbons (Fsp3) is 0.290. The average Bonchev–Trinajstić information content (AvgIpc) is 3.03. The summed E-state index contributed by atoms with van der Waals surface area (Å²) in [5.41, 5.74) is 2.64. The highest BCUT2D eigenvalue weighted by Crippen LogP contribution is 2.22. The van der Waals surface area contributed by atoms with Crippen molar-refractivity contribution in [2.75, 3.05) is 54.3 Å². The van der Waals surface area contributed by atoms with Crippen molar-refractivity contribution < 1.29 is 57.2 Å². The molecule has 0 saturated carbocycles. The molecular formula is C31H36N4O12. The van der Waals surface area contributed by atoms with Gasteiger partial charge in [0.05, 0.1) is 0 Å². The molecule has 0 aliphatic rings. The van der Waals surface area contributed by atoms with Crippen LogP contribution in [-0.2, 0) is 38.0 Å². The summed E-state index contributed by atoms with van der Waals surface area (Å²) in [5, 5.41) is 10.1. The Balaban J connectivity index is 1.78. The SMILES string of the molecule is C=CC(=O)OCCOC(=O)Nc1cc(NC(=O)OCC(C)OC(=O)Nc2ccc(C)c(NC(=O)OCCOC(=O)C=C)c2)ccc1C. The molecule has 0 radical (unpaired) electrons. The van der Waals surface area contributed by atoms with Crippen molar-refractivity contribution in [3.63, 3.8) is 0 Å². The lowest BCUT2D eigenvalue weighted by molar-refractivity contribution is -0.139. The van der Waals surface area contributed by atoms with E-state index in [9.17, 15) is 28.8 Å². The van der Waals surface area contributed by atoms with Gasteiger partial charge in [-0.2, -0.15) is 0 Å². The van der Waals surface area contributed by atoms with E-state index in [1.807, 2.05) is 0 Å². The van der Waals surface area contributed by atoms with Crippen molar-refractivity contribution >= 4 is 59.1 Å². The largest absolute Gasteiger partial charge is 0.459 e. The molecule has 47 heavy (non-hydrogen) atoms. The number of amides is 4. The number of aryl methyl sites for hydroxylation is 2. The van der Waals surface area contributed by atoms with Gasteiger partial charge in [-0.3, -0.25) is 21.3 Å². The van der Waals surface area contributed by atoms with Crippen molar-refractivity contribution in [2.45, 2.75) is 26.9 Å². The Hall–Kier alpha value is -6.06. The molecule has 2 aromatic carbocycles. The Morgan fingerprint density at radius 2 is 1.02 bits per heavy atom. The first-order chi connectivity index (χ1) is 22.4. The van der Waals surface area contributed by atoms with Crippen LogP contribution in [-0.4, -0.2) is 75.4 Å². The van der Waals surface area contributed by atoms with E-state index >= 15 is 0 Å². The second-order valence-corrected chi connectivity index (χ2v) is 9.39. The molecule has 1 atom stereocenters. The van der Waals surface area contributed by atoms with Crippen molar-refractivity contribution in [1.29, 1.82) is 0 Å². The number of esters is 2. The number of carbonyl (C=O) groups excluding carboxylic acids is 6. The van der Waals surface area contributed by atoms with Crippen LogP contribution in [0.1, 0.15) is 18.1 Å². The number of rotatable bonds is 15. The van der Waals surface area contributed by atoms with Gasteiger partial charge < -0.3 is 28.4 Å². The van der Waals surface area contributed by atoms with Gasteiger partial charge in [-0.1, -0.05) is 25.3 Å². The molecule has 1 unspecified atom stereocenters. The molecule has 0 aliphatic carbocycles. The zero-order chi connectivity index (χ0) is 34.8. The van der Waals surface area contributed by atoms with Gasteiger partial charge in [0.15, 0.2) is 0 Å². The number of hydrogen-bond acceptors (Lipinski definition) is 12. The molecule has 16 heteroatoms. The third kappa shape index (κ3) is 14.5. The Morgan fingerprint density at radius 3 is 1.47 bits per heavy atom. The zero-order valence-electron chi connectivity index (χ0n) is 26.0. The standard InChI is InChI=1S/C31H36N4O12/c1-6-26(36)42-12-14-44-29(39)34-24-16-22(10-8-19(24)3)32-28(38)46-18-21(5)47-31(41)33-23-11-9-20(4)25(17-23)35-30(40)45-15-13-43-27(37)7-2/h6-11,16-17,21H,1-2,12-15,18H2,3-5H3,(H,32,38)(H,33,41)(H,34,39)(H,35,40). The number of carbonyl (C=O) groups is 6. The monoisotopic (exact) mass is 656 g/mol. The number of benzene rings is 2. The van der Waals surface area contributed by atoms with E-state index in [-0.39, 0.29) is 33.0 Å². The van der Waals surface area contributed by atoms with Gasteiger partial charge in [0.1, 0.15) is 39.1 Å². The van der Waals surface area contributed by atoms with Crippen molar-refractivity contribution in [3.05, 3.63) is 72.8 Å². The lowest BCUT2D eigenvalue weighted by Crippen LogP contribution is -2.26. The molecule has 0 fully saturated rings. The summed E-state index contributed by atoms with van der Waals surface area (Å²) in [5.74, 6) is -1.28. The first-order valence-corrected chi connectivity index (χ1v) is 14.0. The van der Waals surface area contributed by atoms with Crippen LogP contribution in [0.15, 0.2) is 61.7 Å². The van der Waals surface area contributed by atoms with Crippen LogP contribution in [0.2, 0.25) is 0 Å². The molecule has 16 nitrogen and oxygen atoms in total. The highest BCUT2D eigenvalue weighted by Gasteiger charge is 2.15. The first kappa shape index (κ1) is 37.1. The predicted molar refractivity (Wildman–Crippen MR) is 169 cm³/mol. The quantitative estimate of drug-likeness (QED) is 0.0861. The summed E-state index contributed by atoms with van der Waals surface area (Å²) in [7, 11) is 0. The van der Waals surface area contributed by atoms with E-state index in [1.165, 1.54) is 19.1 Å². The molecule has 252 valence electrons. The summed E-state index contributed by atoms with van der Waals surface area (Å²) in [6, 6.07) is 9.42. The van der Waals surface area contributed by atoms with Gasteiger partial charge in [-0.25, -0.2) is 28.8 Å². The van der Waals surface area contributed by atoms with Crippen LogP contribution in [0.5, 0.6) is 0 Å². The molecule has 2 rings (SSSR count). The van der Waals surface area contributed by atoms with Crippen LogP contribution < -0.4 is 21.3 Å². The lowest BCUT2D eigenvalue weighted by atomic mass is 10.2. The van der Waals surface area contributed by atoms with Crippen LogP contribution in [0.25, 0.3) is 0 Å². The highest BCUT2D eigenvalue weighted by molar-refractivity contribution is 5.91. The Labute approximate surface area is 270 Å². The van der Waals surface area contributed by atoms with Crippen LogP contribution in [0.3, 0.4) is 0 Å². The molecule has 0 saturated heterocycles. The predicted octanol–water partition coefficient (Wildman–Crippen LogP) is 5.04. The van der Waals surface area contributed by atoms with E-state index in [4.69, 9.17) is 28.4 Å². The summed E-state index contributed by atoms with van der Waals surface area (Å²) in [6.45, 7) is 10.6.